The molecule has 0 fully saturated rings. The Kier molecular flexibility index (Phi) is 3.48. The lowest BCUT2D eigenvalue weighted by Gasteiger charge is -2.05. The third kappa shape index (κ3) is 2.54. The lowest BCUT2D eigenvalue weighted by molar-refractivity contribution is 0.419. The quantitative estimate of drug-likeness (QED) is 0.799. The number of aryl methyl sites for hydroxylation is 2. The Bertz CT molecular complexity index is 762. The molecule has 0 atom stereocenters. The van der Waals surface area contributed by atoms with Gasteiger partial charge in [0, 0.05) is 13.2 Å². The summed E-state index contributed by atoms with van der Waals surface area (Å²) in [5.74, 6) is 1.58. The number of imidazole rings is 1. The first-order chi connectivity index (χ1) is 10.2. The van der Waals surface area contributed by atoms with Crippen molar-refractivity contribution in [2.75, 3.05) is 12.4 Å². The predicted octanol–water partition coefficient (Wildman–Crippen LogP) is 2.90. The SMILES string of the molecule is COc1cccc2c1nc(NCc1ccc(C)cn1)n2C. The molecule has 2 heterocycles. The van der Waals surface area contributed by atoms with E-state index in [1.54, 1.807) is 7.11 Å². The largest absolute Gasteiger partial charge is 0.494 e. The number of nitrogens with one attached hydrogen (secondary N) is 1. The van der Waals surface area contributed by atoms with E-state index in [0.29, 0.717) is 6.54 Å². The zero-order valence-corrected chi connectivity index (χ0v) is 12.4. The van der Waals surface area contributed by atoms with Crippen LogP contribution in [-0.4, -0.2) is 21.6 Å². The number of fused-ring (bicyclic) bond motifs is 1. The van der Waals surface area contributed by atoms with Crippen LogP contribution in [0.15, 0.2) is 36.5 Å². The molecule has 0 unspecified atom stereocenters. The molecular formula is C16H18N4O. The Labute approximate surface area is 123 Å². The third-order valence-corrected chi connectivity index (χ3v) is 3.49. The molecule has 3 rings (SSSR count). The Morgan fingerprint density at radius 1 is 1.24 bits per heavy atom. The molecule has 0 aliphatic rings. The summed E-state index contributed by atoms with van der Waals surface area (Å²) in [4.78, 5) is 9.00. The molecule has 1 N–H and O–H groups in total. The van der Waals surface area contributed by atoms with Gasteiger partial charge in [0.1, 0.15) is 11.3 Å². The lowest BCUT2D eigenvalue weighted by Crippen LogP contribution is -2.06. The Morgan fingerprint density at radius 2 is 2.10 bits per heavy atom. The molecule has 0 bridgehead atoms. The van der Waals surface area contributed by atoms with E-state index >= 15 is 0 Å². The van der Waals surface area contributed by atoms with Crippen molar-refractivity contribution in [3.05, 3.63) is 47.8 Å². The molecule has 0 aliphatic heterocycles. The smallest absolute Gasteiger partial charge is 0.204 e. The highest BCUT2D eigenvalue weighted by atomic mass is 16.5. The van der Waals surface area contributed by atoms with Crippen LogP contribution < -0.4 is 10.1 Å². The van der Waals surface area contributed by atoms with E-state index in [1.807, 2.05) is 49.0 Å². The lowest BCUT2D eigenvalue weighted by atomic mass is 10.3. The van der Waals surface area contributed by atoms with E-state index in [1.165, 1.54) is 0 Å². The fraction of sp³-hybridized carbons (Fsp3) is 0.250. The summed E-state index contributed by atoms with van der Waals surface area (Å²) in [6.07, 6.45) is 1.87. The number of methoxy groups -OCH3 is 1. The van der Waals surface area contributed by atoms with Gasteiger partial charge in [0.15, 0.2) is 0 Å². The van der Waals surface area contributed by atoms with Gasteiger partial charge in [-0.3, -0.25) is 4.98 Å². The van der Waals surface area contributed by atoms with Crippen LogP contribution >= 0.6 is 0 Å². The maximum Gasteiger partial charge on any atom is 0.204 e. The van der Waals surface area contributed by atoms with Crippen LogP contribution in [0.4, 0.5) is 5.95 Å². The molecule has 0 saturated heterocycles. The summed E-state index contributed by atoms with van der Waals surface area (Å²) in [5.41, 5.74) is 4.04. The number of para-hydroxylation sites is 1. The Balaban J connectivity index is 1.87. The fourth-order valence-electron chi connectivity index (χ4n) is 2.28. The summed E-state index contributed by atoms with van der Waals surface area (Å²) in [7, 11) is 3.65. The molecular weight excluding hydrogens is 264 g/mol. The van der Waals surface area contributed by atoms with Gasteiger partial charge < -0.3 is 14.6 Å². The first-order valence-corrected chi connectivity index (χ1v) is 6.84. The summed E-state index contributed by atoms with van der Waals surface area (Å²) < 4.78 is 7.38. The number of pyridine rings is 1. The maximum atomic E-state index is 5.36. The van der Waals surface area contributed by atoms with Crippen molar-refractivity contribution in [2.45, 2.75) is 13.5 Å². The van der Waals surface area contributed by atoms with Gasteiger partial charge in [-0.2, -0.15) is 0 Å². The van der Waals surface area contributed by atoms with E-state index in [-0.39, 0.29) is 0 Å². The average molecular weight is 282 g/mol. The molecule has 21 heavy (non-hydrogen) atoms. The van der Waals surface area contributed by atoms with Gasteiger partial charge in [-0.05, 0) is 30.7 Å². The summed E-state index contributed by atoms with van der Waals surface area (Å²) >= 11 is 0. The second kappa shape index (κ2) is 5.44. The first-order valence-electron chi connectivity index (χ1n) is 6.84. The molecule has 5 heteroatoms. The summed E-state index contributed by atoms with van der Waals surface area (Å²) in [6.45, 7) is 2.67. The van der Waals surface area contributed by atoms with E-state index in [2.05, 4.69) is 21.4 Å². The fourth-order valence-corrected chi connectivity index (χ4v) is 2.28. The molecule has 5 nitrogen and oxygen atoms in total. The van der Waals surface area contributed by atoms with Gasteiger partial charge in [0.2, 0.25) is 5.95 Å². The van der Waals surface area contributed by atoms with Gasteiger partial charge in [-0.25, -0.2) is 4.98 Å². The standard InChI is InChI=1S/C16H18N4O/c1-11-7-8-12(17-9-11)10-18-16-19-15-13(20(16)2)5-4-6-14(15)21-3/h4-9H,10H2,1-3H3,(H,18,19). The molecule has 0 amide bonds. The normalized spacial score (nSPS) is 10.8. The van der Waals surface area contributed by atoms with Crippen molar-refractivity contribution < 1.29 is 4.74 Å². The van der Waals surface area contributed by atoms with Crippen molar-refractivity contribution in [2.24, 2.45) is 7.05 Å². The number of rotatable bonds is 4. The minimum atomic E-state index is 0.639. The molecule has 1 aromatic carbocycles. The number of hydrogen-bond donors (Lipinski definition) is 1. The van der Waals surface area contributed by atoms with Crippen LogP contribution in [0, 0.1) is 6.92 Å². The average Bonchev–Trinajstić information content (AvgIpc) is 2.83. The topological polar surface area (TPSA) is 52.0 Å². The zero-order chi connectivity index (χ0) is 14.8. The molecule has 0 aliphatic carbocycles. The van der Waals surface area contributed by atoms with Crippen molar-refractivity contribution in [3.63, 3.8) is 0 Å². The molecule has 3 aromatic rings. The Morgan fingerprint density at radius 3 is 2.81 bits per heavy atom. The van der Waals surface area contributed by atoms with Crippen molar-refractivity contribution in [3.8, 4) is 5.75 Å². The van der Waals surface area contributed by atoms with Crippen LogP contribution in [-0.2, 0) is 13.6 Å². The van der Waals surface area contributed by atoms with E-state index in [0.717, 1.165) is 34.0 Å². The maximum absolute atomic E-state index is 5.36. The Hall–Kier alpha value is -2.56. The van der Waals surface area contributed by atoms with Crippen molar-refractivity contribution >= 4 is 17.0 Å². The summed E-state index contributed by atoms with van der Waals surface area (Å²) in [5, 5.41) is 3.32. The molecule has 0 spiro atoms. The minimum Gasteiger partial charge on any atom is -0.494 e. The predicted molar refractivity (Wildman–Crippen MR) is 83.6 cm³/mol. The number of anilines is 1. The number of nitrogens with zero attached hydrogens (tertiary/aromatic N) is 3. The highest BCUT2D eigenvalue weighted by Crippen LogP contribution is 2.26. The van der Waals surface area contributed by atoms with Gasteiger partial charge in [0.25, 0.3) is 0 Å². The van der Waals surface area contributed by atoms with E-state index in [4.69, 9.17) is 4.74 Å². The van der Waals surface area contributed by atoms with E-state index < -0.39 is 0 Å². The second-order valence-corrected chi connectivity index (χ2v) is 5.00. The second-order valence-electron chi connectivity index (χ2n) is 5.00. The molecule has 108 valence electrons. The van der Waals surface area contributed by atoms with Crippen LogP contribution in [0.25, 0.3) is 11.0 Å². The van der Waals surface area contributed by atoms with E-state index in [9.17, 15) is 0 Å². The van der Waals surface area contributed by atoms with Gasteiger partial charge in [-0.1, -0.05) is 12.1 Å². The monoisotopic (exact) mass is 282 g/mol. The highest BCUT2D eigenvalue weighted by Gasteiger charge is 2.11. The highest BCUT2D eigenvalue weighted by molar-refractivity contribution is 5.84. The van der Waals surface area contributed by atoms with Crippen LogP contribution in [0.2, 0.25) is 0 Å². The van der Waals surface area contributed by atoms with Crippen LogP contribution in [0.5, 0.6) is 5.75 Å². The van der Waals surface area contributed by atoms with Crippen molar-refractivity contribution in [1.82, 2.24) is 14.5 Å². The zero-order valence-electron chi connectivity index (χ0n) is 12.4. The number of hydrogen-bond acceptors (Lipinski definition) is 4. The third-order valence-electron chi connectivity index (χ3n) is 3.49. The first kappa shape index (κ1) is 13.4. The number of benzene rings is 1. The minimum absolute atomic E-state index is 0.639. The van der Waals surface area contributed by atoms with Crippen LogP contribution in [0.1, 0.15) is 11.3 Å². The number of aromatic nitrogens is 3. The molecule has 2 aromatic heterocycles. The van der Waals surface area contributed by atoms with Crippen molar-refractivity contribution in [1.29, 1.82) is 0 Å². The van der Waals surface area contributed by atoms with Gasteiger partial charge in [0.05, 0.1) is 24.9 Å². The van der Waals surface area contributed by atoms with Gasteiger partial charge >= 0.3 is 0 Å². The summed E-state index contributed by atoms with van der Waals surface area (Å²) in [6, 6.07) is 9.99. The molecule has 0 radical (unpaired) electrons. The van der Waals surface area contributed by atoms with Crippen LogP contribution in [0.3, 0.4) is 0 Å². The number of ether oxygens (including phenoxy) is 1. The molecule has 0 saturated carbocycles. The van der Waals surface area contributed by atoms with Gasteiger partial charge in [-0.15, -0.1) is 0 Å².